The molecule has 0 aromatic heterocycles. The molecule has 0 fully saturated rings. The zero-order valence-corrected chi connectivity index (χ0v) is 10.6. The van der Waals surface area contributed by atoms with E-state index in [0.717, 1.165) is 23.5 Å². The fraction of sp³-hybridized carbons (Fsp3) is 0.727. The van der Waals surface area contributed by atoms with Crippen molar-refractivity contribution in [2.24, 2.45) is 0 Å². The fourth-order valence-electron chi connectivity index (χ4n) is 1.10. The highest BCUT2D eigenvalue weighted by molar-refractivity contribution is 7.99. The maximum atomic E-state index is 10.4. The molecular formula is C11H21NO2S. The predicted octanol–water partition coefficient (Wildman–Crippen LogP) is 2.14. The van der Waals surface area contributed by atoms with Crippen LogP contribution in [0.1, 0.15) is 27.2 Å². The minimum absolute atomic E-state index is 0.446. The summed E-state index contributed by atoms with van der Waals surface area (Å²) in [5.41, 5.74) is 0.859. The Morgan fingerprint density at radius 2 is 2.27 bits per heavy atom. The van der Waals surface area contributed by atoms with Crippen molar-refractivity contribution in [2.45, 2.75) is 33.2 Å². The van der Waals surface area contributed by atoms with Gasteiger partial charge >= 0.3 is 5.97 Å². The number of nitrogens with one attached hydrogen (secondary N) is 1. The van der Waals surface area contributed by atoms with E-state index in [-0.39, 0.29) is 0 Å². The van der Waals surface area contributed by atoms with Gasteiger partial charge in [-0.1, -0.05) is 12.5 Å². The molecule has 0 saturated heterocycles. The number of aliphatic carboxylic acids is 1. The Balaban J connectivity index is 3.61. The summed E-state index contributed by atoms with van der Waals surface area (Å²) < 4.78 is 0. The third kappa shape index (κ3) is 9.82. The summed E-state index contributed by atoms with van der Waals surface area (Å²) in [6, 6.07) is 0.446. The van der Waals surface area contributed by atoms with Crippen LogP contribution in [0.4, 0.5) is 0 Å². The molecular weight excluding hydrogens is 210 g/mol. The van der Waals surface area contributed by atoms with Gasteiger partial charge in [-0.05, 0) is 31.8 Å². The molecule has 0 aromatic rings. The van der Waals surface area contributed by atoms with Crippen LogP contribution in [0.3, 0.4) is 0 Å². The molecule has 0 heterocycles. The first-order valence-corrected chi connectivity index (χ1v) is 6.43. The van der Waals surface area contributed by atoms with Gasteiger partial charge in [0.05, 0.1) is 0 Å². The molecule has 1 unspecified atom stereocenters. The Kier molecular flexibility index (Phi) is 8.52. The predicted molar refractivity (Wildman–Crippen MR) is 66.5 cm³/mol. The average Bonchev–Trinajstić information content (AvgIpc) is 2.14. The lowest BCUT2D eigenvalue weighted by Gasteiger charge is -2.13. The van der Waals surface area contributed by atoms with Gasteiger partial charge in [-0.3, -0.25) is 0 Å². The minimum atomic E-state index is -0.872. The molecule has 0 aliphatic heterocycles. The van der Waals surface area contributed by atoms with E-state index >= 15 is 0 Å². The lowest BCUT2D eigenvalue weighted by atomic mass is 10.2. The van der Waals surface area contributed by atoms with Gasteiger partial charge in [-0.15, -0.1) is 0 Å². The van der Waals surface area contributed by atoms with E-state index in [2.05, 4.69) is 19.2 Å². The molecule has 0 radical (unpaired) electrons. The molecule has 88 valence electrons. The Hall–Kier alpha value is -0.480. The molecule has 2 N–H and O–H groups in total. The first-order valence-electron chi connectivity index (χ1n) is 5.27. The van der Waals surface area contributed by atoms with E-state index in [1.165, 1.54) is 6.08 Å². The van der Waals surface area contributed by atoms with Crippen LogP contribution in [-0.2, 0) is 4.79 Å². The molecule has 1 atom stereocenters. The third-order valence-corrected chi connectivity index (χ3v) is 2.93. The van der Waals surface area contributed by atoms with E-state index in [1.54, 1.807) is 0 Å². The van der Waals surface area contributed by atoms with Crippen LogP contribution in [0, 0.1) is 0 Å². The molecule has 0 spiro atoms. The van der Waals surface area contributed by atoms with Crippen LogP contribution in [0.25, 0.3) is 0 Å². The monoisotopic (exact) mass is 231 g/mol. The van der Waals surface area contributed by atoms with E-state index in [9.17, 15) is 4.79 Å². The first-order chi connectivity index (χ1) is 7.06. The van der Waals surface area contributed by atoms with Gasteiger partial charge in [0, 0.05) is 18.7 Å². The van der Waals surface area contributed by atoms with Gasteiger partial charge in [0.1, 0.15) is 0 Å². The maximum absolute atomic E-state index is 10.4. The number of hydrogen-bond donors (Lipinski definition) is 2. The Labute approximate surface area is 96.3 Å². The quantitative estimate of drug-likeness (QED) is 0.496. The zero-order valence-electron chi connectivity index (χ0n) is 9.75. The summed E-state index contributed by atoms with van der Waals surface area (Å²) in [6.45, 7) is 6.77. The number of hydrogen-bond acceptors (Lipinski definition) is 3. The van der Waals surface area contributed by atoms with Crippen molar-refractivity contribution < 1.29 is 9.90 Å². The number of carbonyl (C=O) groups is 1. The van der Waals surface area contributed by atoms with Crippen molar-refractivity contribution in [3.05, 3.63) is 11.6 Å². The normalized spacial score (nSPS) is 13.9. The van der Waals surface area contributed by atoms with Gasteiger partial charge < -0.3 is 10.4 Å². The van der Waals surface area contributed by atoms with Gasteiger partial charge in [0.2, 0.25) is 0 Å². The molecule has 0 rings (SSSR count). The summed E-state index contributed by atoms with van der Waals surface area (Å²) in [5, 5.41) is 11.8. The van der Waals surface area contributed by atoms with Gasteiger partial charge in [0.25, 0.3) is 0 Å². The number of carboxylic acids is 1. The second kappa shape index (κ2) is 8.80. The molecule has 0 aromatic carbocycles. The Morgan fingerprint density at radius 3 is 2.80 bits per heavy atom. The number of carboxylic acid groups (broad SMARTS) is 1. The van der Waals surface area contributed by atoms with Crippen LogP contribution in [-0.4, -0.2) is 35.2 Å². The van der Waals surface area contributed by atoms with Crippen molar-refractivity contribution in [1.82, 2.24) is 5.32 Å². The Bertz CT molecular complexity index is 217. The zero-order chi connectivity index (χ0) is 11.7. The standard InChI is InChI=1S/C11H21NO2S/c1-4-15-6-5-10(3)12-8-9(2)7-11(13)14/h7,10,12H,4-6,8H2,1-3H3,(H,13,14). The Morgan fingerprint density at radius 1 is 1.60 bits per heavy atom. The largest absolute Gasteiger partial charge is 0.478 e. The van der Waals surface area contributed by atoms with Crippen LogP contribution >= 0.6 is 11.8 Å². The molecule has 15 heavy (non-hydrogen) atoms. The summed E-state index contributed by atoms with van der Waals surface area (Å²) in [6.07, 6.45) is 2.37. The van der Waals surface area contributed by atoms with Crippen LogP contribution in [0.2, 0.25) is 0 Å². The summed E-state index contributed by atoms with van der Waals surface area (Å²) in [5.74, 6) is 1.44. The minimum Gasteiger partial charge on any atom is -0.478 e. The summed E-state index contributed by atoms with van der Waals surface area (Å²) in [4.78, 5) is 10.4. The lowest BCUT2D eigenvalue weighted by molar-refractivity contribution is -0.131. The molecule has 3 nitrogen and oxygen atoms in total. The molecule has 0 saturated carbocycles. The van der Waals surface area contributed by atoms with Crippen LogP contribution < -0.4 is 5.32 Å². The molecule has 0 amide bonds. The molecule has 0 aliphatic rings. The average molecular weight is 231 g/mol. The highest BCUT2D eigenvalue weighted by Gasteiger charge is 2.01. The summed E-state index contributed by atoms with van der Waals surface area (Å²) >= 11 is 1.93. The van der Waals surface area contributed by atoms with Gasteiger partial charge in [0.15, 0.2) is 0 Å². The van der Waals surface area contributed by atoms with Crippen molar-refractivity contribution in [2.75, 3.05) is 18.1 Å². The van der Waals surface area contributed by atoms with Crippen molar-refractivity contribution >= 4 is 17.7 Å². The van der Waals surface area contributed by atoms with E-state index in [4.69, 9.17) is 5.11 Å². The topological polar surface area (TPSA) is 49.3 Å². The van der Waals surface area contributed by atoms with Gasteiger partial charge in [-0.25, -0.2) is 4.79 Å². The fourth-order valence-corrected chi connectivity index (χ4v) is 1.91. The van der Waals surface area contributed by atoms with Crippen LogP contribution in [0.15, 0.2) is 11.6 Å². The van der Waals surface area contributed by atoms with E-state index in [1.807, 2.05) is 18.7 Å². The maximum Gasteiger partial charge on any atom is 0.328 e. The molecule has 4 heteroatoms. The van der Waals surface area contributed by atoms with Crippen molar-refractivity contribution in [3.8, 4) is 0 Å². The first kappa shape index (κ1) is 14.5. The van der Waals surface area contributed by atoms with Gasteiger partial charge in [-0.2, -0.15) is 11.8 Å². The van der Waals surface area contributed by atoms with Crippen molar-refractivity contribution in [3.63, 3.8) is 0 Å². The second-order valence-electron chi connectivity index (χ2n) is 3.60. The van der Waals surface area contributed by atoms with E-state index < -0.39 is 5.97 Å². The smallest absolute Gasteiger partial charge is 0.328 e. The lowest BCUT2D eigenvalue weighted by Crippen LogP contribution is -2.28. The van der Waals surface area contributed by atoms with Crippen molar-refractivity contribution in [1.29, 1.82) is 0 Å². The highest BCUT2D eigenvalue weighted by Crippen LogP contribution is 2.04. The third-order valence-electron chi connectivity index (χ3n) is 2.00. The SMILES string of the molecule is CCSCCC(C)NCC(C)=CC(=O)O. The summed E-state index contributed by atoms with van der Waals surface area (Å²) in [7, 11) is 0. The van der Waals surface area contributed by atoms with E-state index in [0.29, 0.717) is 12.6 Å². The number of rotatable bonds is 8. The highest BCUT2D eigenvalue weighted by atomic mass is 32.2. The van der Waals surface area contributed by atoms with Crippen LogP contribution in [0.5, 0.6) is 0 Å². The molecule has 0 bridgehead atoms. The number of thioether (sulfide) groups is 1. The second-order valence-corrected chi connectivity index (χ2v) is 4.99. The molecule has 0 aliphatic carbocycles.